The summed E-state index contributed by atoms with van der Waals surface area (Å²) in [6, 6.07) is 11.7. The second-order valence-corrected chi connectivity index (χ2v) is 8.28. The van der Waals surface area contributed by atoms with Crippen LogP contribution in [0.5, 0.6) is 0 Å². The predicted octanol–water partition coefficient (Wildman–Crippen LogP) is 3.89. The Hall–Kier alpha value is -1.64. The summed E-state index contributed by atoms with van der Waals surface area (Å²) >= 11 is 12.2. The van der Waals surface area contributed by atoms with Crippen LogP contribution in [0.1, 0.15) is 29.8 Å². The lowest BCUT2D eigenvalue weighted by Crippen LogP contribution is -2.31. The molecule has 0 aliphatic carbocycles. The topological polar surface area (TPSA) is 75.7 Å². The van der Waals surface area contributed by atoms with Crippen molar-refractivity contribution in [2.75, 3.05) is 13.1 Å². The molecule has 0 saturated heterocycles. The van der Waals surface area contributed by atoms with Gasteiger partial charge in [-0.1, -0.05) is 67.4 Å². The third kappa shape index (κ3) is 5.21. The summed E-state index contributed by atoms with van der Waals surface area (Å²) in [5.41, 5.74) is 3.09. The molecular formula is C18H20Cl2N2O4S. The van der Waals surface area contributed by atoms with E-state index in [-0.39, 0.29) is 40.2 Å². The van der Waals surface area contributed by atoms with E-state index < -0.39 is 15.9 Å². The van der Waals surface area contributed by atoms with E-state index in [1.165, 1.54) is 16.4 Å². The number of sulfonamides is 1. The molecule has 1 amide bonds. The van der Waals surface area contributed by atoms with Crippen LogP contribution in [0.2, 0.25) is 10.0 Å². The maximum Gasteiger partial charge on any atom is 0.276 e. The van der Waals surface area contributed by atoms with Crippen molar-refractivity contribution in [2.45, 2.75) is 25.3 Å². The molecule has 2 aromatic carbocycles. The van der Waals surface area contributed by atoms with Gasteiger partial charge in [-0.25, -0.2) is 13.9 Å². The van der Waals surface area contributed by atoms with Gasteiger partial charge in [-0.2, -0.15) is 4.31 Å². The molecule has 1 N–H and O–H groups in total. The number of carbonyl (C=O) groups excluding carboxylic acids is 1. The van der Waals surface area contributed by atoms with Crippen LogP contribution in [-0.4, -0.2) is 31.7 Å². The normalized spacial score (nSPS) is 11.6. The molecule has 0 atom stereocenters. The Morgan fingerprint density at radius 1 is 1.07 bits per heavy atom. The van der Waals surface area contributed by atoms with Gasteiger partial charge in [0.2, 0.25) is 10.0 Å². The summed E-state index contributed by atoms with van der Waals surface area (Å²) in [7, 11) is -3.85. The Morgan fingerprint density at radius 3 is 2.30 bits per heavy atom. The molecule has 0 unspecified atom stereocenters. The second kappa shape index (κ2) is 9.52. The van der Waals surface area contributed by atoms with Crippen molar-refractivity contribution < 1.29 is 18.0 Å². The molecule has 0 aliphatic rings. The predicted molar refractivity (Wildman–Crippen MR) is 105 cm³/mol. The van der Waals surface area contributed by atoms with Gasteiger partial charge in [0, 0.05) is 13.1 Å². The number of rotatable bonds is 8. The minimum absolute atomic E-state index is 0.0271. The fraction of sp³-hybridized carbons (Fsp3) is 0.278. The Morgan fingerprint density at radius 2 is 1.70 bits per heavy atom. The highest BCUT2D eigenvalue weighted by Crippen LogP contribution is 2.30. The number of carbonyl (C=O) groups is 1. The van der Waals surface area contributed by atoms with Crippen LogP contribution in [0, 0.1) is 0 Å². The van der Waals surface area contributed by atoms with Gasteiger partial charge in [-0.3, -0.25) is 9.63 Å². The van der Waals surface area contributed by atoms with E-state index in [2.05, 4.69) is 5.48 Å². The van der Waals surface area contributed by atoms with Gasteiger partial charge in [-0.15, -0.1) is 0 Å². The van der Waals surface area contributed by atoms with Gasteiger partial charge in [0.1, 0.15) is 4.90 Å². The van der Waals surface area contributed by atoms with Crippen LogP contribution in [0.3, 0.4) is 0 Å². The molecule has 2 aromatic rings. The summed E-state index contributed by atoms with van der Waals surface area (Å²) < 4.78 is 26.7. The molecule has 27 heavy (non-hydrogen) atoms. The van der Waals surface area contributed by atoms with Crippen LogP contribution < -0.4 is 5.48 Å². The monoisotopic (exact) mass is 430 g/mol. The van der Waals surface area contributed by atoms with Gasteiger partial charge in [0.25, 0.3) is 5.91 Å². The summed E-state index contributed by atoms with van der Waals surface area (Å²) in [5, 5.41) is -0.0204. The van der Waals surface area contributed by atoms with Crippen molar-refractivity contribution in [1.82, 2.24) is 9.79 Å². The first-order valence-electron chi connectivity index (χ1n) is 8.26. The summed E-state index contributed by atoms with van der Waals surface area (Å²) in [6.45, 7) is 4.15. The van der Waals surface area contributed by atoms with Crippen molar-refractivity contribution in [1.29, 1.82) is 0 Å². The standard InChI is InChI=1S/C18H20Cl2N2O4S/c1-3-22(4-2)27(24,25)17-10-14(15(19)11-16(17)20)18(23)21-26-12-13-8-6-5-7-9-13/h5-11H,3-4,12H2,1-2H3,(H,21,23). The van der Waals surface area contributed by atoms with E-state index in [1.807, 2.05) is 30.3 Å². The number of hydrogen-bond donors (Lipinski definition) is 1. The quantitative estimate of drug-likeness (QED) is 0.644. The molecule has 9 heteroatoms. The lowest BCUT2D eigenvalue weighted by molar-refractivity contribution is 0.0233. The minimum Gasteiger partial charge on any atom is -0.269 e. The first-order valence-corrected chi connectivity index (χ1v) is 10.5. The van der Waals surface area contributed by atoms with Crippen LogP contribution in [-0.2, 0) is 21.5 Å². The van der Waals surface area contributed by atoms with Crippen LogP contribution >= 0.6 is 23.2 Å². The van der Waals surface area contributed by atoms with Crippen molar-refractivity contribution >= 4 is 39.1 Å². The average Bonchev–Trinajstić information content (AvgIpc) is 2.63. The number of hydrogen-bond acceptors (Lipinski definition) is 4. The second-order valence-electron chi connectivity index (χ2n) is 5.56. The van der Waals surface area contributed by atoms with E-state index in [0.717, 1.165) is 5.56 Å². The Kier molecular flexibility index (Phi) is 7.64. The highest BCUT2D eigenvalue weighted by Gasteiger charge is 2.27. The van der Waals surface area contributed by atoms with E-state index >= 15 is 0 Å². The third-order valence-electron chi connectivity index (χ3n) is 3.84. The number of nitrogens with one attached hydrogen (secondary N) is 1. The van der Waals surface area contributed by atoms with Gasteiger partial charge in [-0.05, 0) is 17.7 Å². The van der Waals surface area contributed by atoms with Gasteiger partial charge >= 0.3 is 0 Å². The Labute approximate surface area is 169 Å². The lowest BCUT2D eigenvalue weighted by Gasteiger charge is -2.20. The molecule has 146 valence electrons. The first kappa shape index (κ1) is 21.7. The number of halogens is 2. The molecule has 2 rings (SSSR count). The zero-order valence-electron chi connectivity index (χ0n) is 14.9. The van der Waals surface area contributed by atoms with E-state index in [0.29, 0.717) is 0 Å². The SMILES string of the molecule is CCN(CC)S(=O)(=O)c1cc(C(=O)NOCc2ccccc2)c(Cl)cc1Cl. The average molecular weight is 431 g/mol. The molecular weight excluding hydrogens is 411 g/mol. The lowest BCUT2D eigenvalue weighted by atomic mass is 10.2. The number of nitrogens with zero attached hydrogens (tertiary/aromatic N) is 1. The fourth-order valence-electron chi connectivity index (χ4n) is 2.42. The van der Waals surface area contributed by atoms with Crippen LogP contribution in [0.25, 0.3) is 0 Å². The molecule has 0 spiro atoms. The molecule has 0 aromatic heterocycles. The molecule has 0 aliphatic heterocycles. The Bertz CT molecular complexity index is 901. The highest BCUT2D eigenvalue weighted by atomic mass is 35.5. The van der Waals surface area contributed by atoms with E-state index in [4.69, 9.17) is 28.0 Å². The molecule has 0 fully saturated rings. The zero-order valence-corrected chi connectivity index (χ0v) is 17.2. The van der Waals surface area contributed by atoms with Crippen molar-refractivity contribution in [3.8, 4) is 0 Å². The summed E-state index contributed by atoms with van der Waals surface area (Å²) in [5.74, 6) is -0.663. The first-order chi connectivity index (χ1) is 12.8. The fourth-order valence-corrected chi connectivity index (χ4v) is 4.71. The van der Waals surface area contributed by atoms with Gasteiger partial charge in [0.05, 0.1) is 22.2 Å². The van der Waals surface area contributed by atoms with E-state index in [1.54, 1.807) is 13.8 Å². The largest absolute Gasteiger partial charge is 0.276 e. The third-order valence-corrected chi connectivity index (χ3v) is 6.66. The molecule has 0 bridgehead atoms. The van der Waals surface area contributed by atoms with Crippen molar-refractivity contribution in [3.63, 3.8) is 0 Å². The number of benzene rings is 2. The summed E-state index contributed by atoms with van der Waals surface area (Å²) in [6.07, 6.45) is 0. The maximum atomic E-state index is 12.7. The smallest absolute Gasteiger partial charge is 0.269 e. The van der Waals surface area contributed by atoms with E-state index in [9.17, 15) is 13.2 Å². The number of hydroxylamine groups is 1. The minimum atomic E-state index is -3.85. The van der Waals surface area contributed by atoms with Crippen molar-refractivity contribution in [2.24, 2.45) is 0 Å². The molecule has 0 radical (unpaired) electrons. The van der Waals surface area contributed by atoms with Crippen molar-refractivity contribution in [3.05, 3.63) is 63.6 Å². The maximum absolute atomic E-state index is 12.7. The Balaban J connectivity index is 2.23. The molecule has 6 nitrogen and oxygen atoms in total. The van der Waals surface area contributed by atoms with Crippen LogP contribution in [0.4, 0.5) is 0 Å². The molecule has 0 heterocycles. The van der Waals surface area contributed by atoms with Crippen LogP contribution in [0.15, 0.2) is 47.4 Å². The van der Waals surface area contributed by atoms with Gasteiger partial charge < -0.3 is 0 Å². The molecule has 0 saturated carbocycles. The summed E-state index contributed by atoms with van der Waals surface area (Å²) in [4.78, 5) is 17.4. The number of amides is 1. The van der Waals surface area contributed by atoms with Gasteiger partial charge in [0.15, 0.2) is 0 Å². The zero-order chi connectivity index (χ0) is 20.0. The highest BCUT2D eigenvalue weighted by molar-refractivity contribution is 7.89.